The first-order chi connectivity index (χ1) is 10.2. The van der Waals surface area contributed by atoms with Crippen LogP contribution in [-0.4, -0.2) is 24.0 Å². The lowest BCUT2D eigenvalue weighted by Crippen LogP contribution is -2.50. The SMILES string of the molecule is O=C(NC1CC2CCC(C1)N2)C1(c2ccc(F)cc2)CC1. The molecule has 4 heteroatoms. The number of piperidine rings is 1. The molecule has 1 aromatic rings. The summed E-state index contributed by atoms with van der Waals surface area (Å²) in [4.78, 5) is 12.7. The van der Waals surface area contributed by atoms with E-state index >= 15 is 0 Å². The van der Waals surface area contributed by atoms with Gasteiger partial charge in [-0.3, -0.25) is 4.79 Å². The minimum absolute atomic E-state index is 0.139. The molecular weight excluding hydrogens is 267 g/mol. The Hall–Kier alpha value is -1.42. The molecular formula is C17H21FN2O. The van der Waals surface area contributed by atoms with Crippen LogP contribution >= 0.6 is 0 Å². The second-order valence-electron chi connectivity index (χ2n) is 6.87. The molecule has 0 spiro atoms. The Balaban J connectivity index is 1.46. The maximum Gasteiger partial charge on any atom is 0.230 e. The van der Waals surface area contributed by atoms with Crippen molar-refractivity contribution >= 4 is 5.91 Å². The van der Waals surface area contributed by atoms with Gasteiger partial charge in [0.15, 0.2) is 0 Å². The third-order valence-electron chi connectivity index (χ3n) is 5.39. The van der Waals surface area contributed by atoms with Crippen molar-refractivity contribution in [3.05, 3.63) is 35.6 Å². The highest BCUT2D eigenvalue weighted by Gasteiger charge is 2.52. The second kappa shape index (κ2) is 4.80. The minimum atomic E-state index is -0.391. The smallest absolute Gasteiger partial charge is 0.230 e. The van der Waals surface area contributed by atoms with Crippen molar-refractivity contribution in [1.29, 1.82) is 0 Å². The van der Waals surface area contributed by atoms with Crippen molar-refractivity contribution < 1.29 is 9.18 Å². The monoisotopic (exact) mass is 288 g/mol. The molecule has 4 rings (SSSR count). The molecule has 0 aromatic heterocycles. The summed E-state index contributed by atoms with van der Waals surface area (Å²) in [6.07, 6.45) is 6.31. The van der Waals surface area contributed by atoms with E-state index < -0.39 is 5.41 Å². The van der Waals surface area contributed by atoms with Crippen molar-refractivity contribution in [3.8, 4) is 0 Å². The number of hydrogen-bond donors (Lipinski definition) is 2. The molecule has 3 aliphatic rings. The first-order valence-corrected chi connectivity index (χ1v) is 7.99. The summed E-state index contributed by atoms with van der Waals surface area (Å²) in [6, 6.07) is 7.88. The third kappa shape index (κ3) is 2.35. The Bertz CT molecular complexity index is 540. The lowest BCUT2D eigenvalue weighted by atomic mass is 9.93. The number of carbonyl (C=O) groups excluding carboxylic acids is 1. The zero-order valence-electron chi connectivity index (χ0n) is 12.1. The maximum absolute atomic E-state index is 13.1. The standard InChI is InChI=1S/C17H21FN2O/c18-12-3-1-11(2-4-12)17(7-8-17)16(21)20-15-9-13-5-6-14(10-15)19-13/h1-4,13-15,19H,5-10H2,(H,20,21). The fraction of sp³-hybridized carbons (Fsp3) is 0.588. The van der Waals surface area contributed by atoms with Gasteiger partial charge in [-0.15, -0.1) is 0 Å². The summed E-state index contributed by atoms with van der Waals surface area (Å²) >= 11 is 0. The fourth-order valence-corrected chi connectivity index (χ4v) is 4.04. The molecule has 2 atom stereocenters. The van der Waals surface area contributed by atoms with Gasteiger partial charge in [0.2, 0.25) is 5.91 Å². The van der Waals surface area contributed by atoms with Crippen LogP contribution in [0.15, 0.2) is 24.3 Å². The van der Waals surface area contributed by atoms with E-state index in [2.05, 4.69) is 10.6 Å². The molecule has 0 radical (unpaired) electrons. The van der Waals surface area contributed by atoms with Crippen molar-refractivity contribution in [2.24, 2.45) is 0 Å². The van der Waals surface area contributed by atoms with E-state index in [9.17, 15) is 9.18 Å². The zero-order chi connectivity index (χ0) is 14.4. The lowest BCUT2D eigenvalue weighted by molar-refractivity contribution is -0.124. The van der Waals surface area contributed by atoms with Crippen molar-refractivity contribution in [1.82, 2.24) is 10.6 Å². The van der Waals surface area contributed by atoms with Crippen LogP contribution in [0.25, 0.3) is 0 Å². The Morgan fingerprint density at radius 2 is 1.76 bits per heavy atom. The largest absolute Gasteiger partial charge is 0.352 e. The highest BCUT2D eigenvalue weighted by molar-refractivity contribution is 5.91. The van der Waals surface area contributed by atoms with Gasteiger partial charge in [-0.1, -0.05) is 12.1 Å². The highest BCUT2D eigenvalue weighted by atomic mass is 19.1. The zero-order valence-corrected chi connectivity index (χ0v) is 12.1. The molecule has 2 N–H and O–H groups in total. The average Bonchev–Trinajstić information content (AvgIpc) is 3.21. The van der Waals surface area contributed by atoms with Gasteiger partial charge in [-0.05, 0) is 56.2 Å². The molecule has 2 heterocycles. The van der Waals surface area contributed by atoms with Gasteiger partial charge in [0.25, 0.3) is 0 Å². The molecule has 2 unspecified atom stereocenters. The van der Waals surface area contributed by atoms with Crippen LogP contribution in [0.2, 0.25) is 0 Å². The molecule has 112 valence electrons. The molecule has 1 aliphatic carbocycles. The normalized spacial score (nSPS) is 32.7. The van der Waals surface area contributed by atoms with E-state index in [4.69, 9.17) is 0 Å². The highest BCUT2D eigenvalue weighted by Crippen LogP contribution is 2.48. The maximum atomic E-state index is 13.1. The van der Waals surface area contributed by atoms with Gasteiger partial charge in [-0.2, -0.15) is 0 Å². The van der Waals surface area contributed by atoms with Gasteiger partial charge >= 0.3 is 0 Å². The summed E-state index contributed by atoms with van der Waals surface area (Å²) in [5, 5.41) is 6.86. The van der Waals surface area contributed by atoms with Crippen LogP contribution in [-0.2, 0) is 10.2 Å². The van der Waals surface area contributed by atoms with E-state index in [0.717, 1.165) is 31.2 Å². The lowest BCUT2D eigenvalue weighted by Gasteiger charge is -2.31. The van der Waals surface area contributed by atoms with Gasteiger partial charge in [-0.25, -0.2) is 4.39 Å². The molecule has 1 aromatic carbocycles. The first kappa shape index (κ1) is 13.3. The van der Waals surface area contributed by atoms with E-state index in [1.54, 1.807) is 12.1 Å². The van der Waals surface area contributed by atoms with Crippen molar-refractivity contribution in [2.45, 2.75) is 62.1 Å². The van der Waals surface area contributed by atoms with Crippen LogP contribution in [0, 0.1) is 5.82 Å². The molecule has 21 heavy (non-hydrogen) atoms. The predicted molar refractivity (Wildman–Crippen MR) is 78.4 cm³/mol. The number of nitrogens with one attached hydrogen (secondary N) is 2. The van der Waals surface area contributed by atoms with Crippen LogP contribution in [0.3, 0.4) is 0 Å². The van der Waals surface area contributed by atoms with Crippen molar-refractivity contribution in [3.63, 3.8) is 0 Å². The average molecular weight is 288 g/mol. The quantitative estimate of drug-likeness (QED) is 0.896. The number of halogens is 1. The second-order valence-corrected chi connectivity index (χ2v) is 6.87. The van der Waals surface area contributed by atoms with Gasteiger partial charge in [0.1, 0.15) is 5.82 Å². The van der Waals surface area contributed by atoms with Crippen LogP contribution in [0.5, 0.6) is 0 Å². The van der Waals surface area contributed by atoms with Crippen molar-refractivity contribution in [2.75, 3.05) is 0 Å². The third-order valence-corrected chi connectivity index (χ3v) is 5.39. The molecule has 1 saturated carbocycles. The number of benzene rings is 1. The predicted octanol–water partition coefficient (Wildman–Crippen LogP) is 2.26. The summed E-state index contributed by atoms with van der Waals surface area (Å²) in [5.74, 6) is -0.106. The van der Waals surface area contributed by atoms with Gasteiger partial charge < -0.3 is 10.6 Å². The number of fused-ring (bicyclic) bond motifs is 2. The minimum Gasteiger partial charge on any atom is -0.352 e. The van der Waals surface area contributed by atoms with Gasteiger partial charge in [0.05, 0.1) is 5.41 Å². The molecule has 2 aliphatic heterocycles. The van der Waals surface area contributed by atoms with E-state index in [1.807, 2.05) is 0 Å². The summed E-state index contributed by atoms with van der Waals surface area (Å²) in [7, 11) is 0. The Labute approximate surface area is 124 Å². The summed E-state index contributed by atoms with van der Waals surface area (Å²) < 4.78 is 13.1. The fourth-order valence-electron chi connectivity index (χ4n) is 4.04. The molecule has 2 bridgehead atoms. The van der Waals surface area contributed by atoms with Gasteiger partial charge in [0, 0.05) is 18.1 Å². The van der Waals surface area contributed by atoms with Crippen LogP contribution in [0.1, 0.15) is 44.1 Å². The number of rotatable bonds is 3. The molecule has 3 fully saturated rings. The number of amides is 1. The number of carbonyl (C=O) groups is 1. The van der Waals surface area contributed by atoms with E-state index in [1.165, 1.54) is 25.0 Å². The molecule has 3 nitrogen and oxygen atoms in total. The Morgan fingerprint density at radius 3 is 2.33 bits per heavy atom. The topological polar surface area (TPSA) is 41.1 Å². The van der Waals surface area contributed by atoms with Crippen LogP contribution < -0.4 is 10.6 Å². The molecule has 2 saturated heterocycles. The van der Waals surface area contributed by atoms with Crippen LogP contribution in [0.4, 0.5) is 4.39 Å². The molecule has 1 amide bonds. The first-order valence-electron chi connectivity index (χ1n) is 7.99. The summed E-state index contributed by atoms with van der Waals surface area (Å²) in [5.41, 5.74) is 0.566. The summed E-state index contributed by atoms with van der Waals surface area (Å²) in [6.45, 7) is 0. The van der Waals surface area contributed by atoms with E-state index in [0.29, 0.717) is 18.1 Å². The van der Waals surface area contributed by atoms with E-state index in [-0.39, 0.29) is 11.7 Å². The number of hydrogen-bond acceptors (Lipinski definition) is 2. The Kier molecular flexibility index (Phi) is 3.03. The Morgan fingerprint density at radius 1 is 1.14 bits per heavy atom.